The number of benzene rings is 1. The molecule has 7 heteroatoms. The zero-order valence-electron chi connectivity index (χ0n) is 12.3. The van der Waals surface area contributed by atoms with E-state index in [-0.39, 0.29) is 4.90 Å². The Morgan fingerprint density at radius 3 is 2.67 bits per heavy atom. The van der Waals surface area contributed by atoms with Crippen LogP contribution >= 0.6 is 0 Å². The maximum atomic E-state index is 12.4. The second-order valence-electron chi connectivity index (χ2n) is 4.82. The number of hydrogen-bond donors (Lipinski definition) is 2. The molecule has 0 bridgehead atoms. The van der Waals surface area contributed by atoms with Crippen LogP contribution in [0.4, 0.5) is 0 Å². The van der Waals surface area contributed by atoms with Gasteiger partial charge in [0.2, 0.25) is 10.0 Å². The van der Waals surface area contributed by atoms with E-state index in [0.717, 1.165) is 11.3 Å². The Kier molecular flexibility index (Phi) is 4.64. The fourth-order valence-electron chi connectivity index (χ4n) is 2.09. The molecule has 0 radical (unpaired) electrons. The Morgan fingerprint density at radius 2 is 2.05 bits per heavy atom. The molecule has 1 aromatic carbocycles. The van der Waals surface area contributed by atoms with E-state index in [1.54, 1.807) is 32.4 Å². The summed E-state index contributed by atoms with van der Waals surface area (Å²) in [6.45, 7) is 3.89. The maximum Gasteiger partial charge on any atom is 0.240 e. The highest BCUT2D eigenvalue weighted by Crippen LogP contribution is 2.25. The molecule has 0 atom stereocenters. The van der Waals surface area contributed by atoms with E-state index in [1.165, 1.54) is 0 Å². The maximum absolute atomic E-state index is 12.4. The van der Waals surface area contributed by atoms with Crippen molar-refractivity contribution in [1.29, 1.82) is 0 Å². The Balaban J connectivity index is 2.14. The van der Waals surface area contributed by atoms with E-state index in [4.69, 9.17) is 4.74 Å². The number of sulfonamides is 1. The lowest BCUT2D eigenvalue weighted by Crippen LogP contribution is -2.26. The summed E-state index contributed by atoms with van der Waals surface area (Å²) in [4.78, 5) is 0.283. The van der Waals surface area contributed by atoms with Crippen LogP contribution in [0.3, 0.4) is 0 Å². The molecule has 0 amide bonds. The third-order valence-electron chi connectivity index (χ3n) is 3.23. The number of aryl methyl sites for hydroxylation is 2. The van der Waals surface area contributed by atoms with E-state index in [1.807, 2.05) is 13.0 Å². The van der Waals surface area contributed by atoms with Gasteiger partial charge < -0.3 is 4.74 Å². The highest BCUT2D eigenvalue weighted by Gasteiger charge is 2.18. The van der Waals surface area contributed by atoms with Gasteiger partial charge in [-0.1, -0.05) is 0 Å². The number of aromatic amines is 1. The minimum absolute atomic E-state index is 0.283. The van der Waals surface area contributed by atoms with E-state index in [0.29, 0.717) is 24.3 Å². The van der Waals surface area contributed by atoms with E-state index < -0.39 is 10.0 Å². The van der Waals surface area contributed by atoms with Crippen molar-refractivity contribution in [2.45, 2.75) is 25.2 Å². The summed E-state index contributed by atoms with van der Waals surface area (Å²) in [7, 11) is -1.96. The zero-order chi connectivity index (χ0) is 15.5. The third kappa shape index (κ3) is 3.62. The monoisotopic (exact) mass is 309 g/mol. The van der Waals surface area contributed by atoms with Gasteiger partial charge in [0.25, 0.3) is 0 Å². The van der Waals surface area contributed by atoms with Gasteiger partial charge in [0.05, 0.1) is 12.0 Å². The first-order valence-corrected chi connectivity index (χ1v) is 8.05. The van der Waals surface area contributed by atoms with Gasteiger partial charge in [-0.05, 0) is 43.2 Å². The van der Waals surface area contributed by atoms with Crippen molar-refractivity contribution in [2.75, 3.05) is 13.7 Å². The molecule has 0 unspecified atom stereocenters. The predicted octanol–water partition coefficient (Wildman–Crippen LogP) is 1.56. The molecule has 21 heavy (non-hydrogen) atoms. The molecule has 114 valence electrons. The Bertz CT molecular complexity index is 709. The Labute approximate surface area is 124 Å². The molecule has 0 fully saturated rings. The molecule has 0 aliphatic rings. The summed E-state index contributed by atoms with van der Waals surface area (Å²) in [5.41, 5.74) is 2.34. The van der Waals surface area contributed by atoms with Crippen molar-refractivity contribution in [3.63, 3.8) is 0 Å². The highest BCUT2D eigenvalue weighted by molar-refractivity contribution is 7.89. The van der Waals surface area contributed by atoms with Crippen molar-refractivity contribution < 1.29 is 13.2 Å². The Hall–Kier alpha value is -1.86. The fourth-order valence-corrected chi connectivity index (χ4v) is 3.44. The number of ether oxygens (including phenoxy) is 1. The van der Waals surface area contributed by atoms with Crippen LogP contribution in [0.25, 0.3) is 0 Å². The van der Waals surface area contributed by atoms with Crippen LogP contribution in [0.15, 0.2) is 29.3 Å². The molecular weight excluding hydrogens is 290 g/mol. The van der Waals surface area contributed by atoms with Gasteiger partial charge in [-0.15, -0.1) is 0 Å². The lowest BCUT2D eigenvalue weighted by molar-refractivity contribution is 0.411. The summed E-state index contributed by atoms with van der Waals surface area (Å²) >= 11 is 0. The second kappa shape index (κ2) is 6.28. The lowest BCUT2D eigenvalue weighted by atomic mass is 10.1. The molecule has 2 aromatic rings. The molecule has 0 saturated heterocycles. The van der Waals surface area contributed by atoms with Gasteiger partial charge in [0.1, 0.15) is 5.75 Å². The molecule has 0 aliphatic heterocycles. The molecule has 0 spiro atoms. The first kappa shape index (κ1) is 15.5. The third-order valence-corrected chi connectivity index (χ3v) is 4.83. The summed E-state index contributed by atoms with van der Waals surface area (Å²) in [5, 5.41) is 6.62. The molecule has 0 aliphatic carbocycles. The summed E-state index contributed by atoms with van der Waals surface area (Å²) < 4.78 is 32.5. The smallest absolute Gasteiger partial charge is 0.240 e. The number of methoxy groups -OCH3 is 1. The molecule has 2 N–H and O–H groups in total. The highest BCUT2D eigenvalue weighted by atomic mass is 32.2. The number of hydrogen-bond acceptors (Lipinski definition) is 4. The first-order valence-electron chi connectivity index (χ1n) is 6.57. The van der Waals surface area contributed by atoms with Crippen molar-refractivity contribution >= 4 is 10.0 Å². The largest absolute Gasteiger partial charge is 0.496 e. The van der Waals surface area contributed by atoms with E-state index in [2.05, 4.69) is 14.9 Å². The van der Waals surface area contributed by atoms with Gasteiger partial charge in [-0.25, -0.2) is 13.1 Å². The molecule has 0 saturated carbocycles. The fraction of sp³-hybridized carbons (Fsp3) is 0.357. The SMILES string of the molecule is COc1cc(C)c(S(=O)(=O)NCCc2ccn[nH]2)cc1C. The van der Waals surface area contributed by atoms with Crippen molar-refractivity contribution in [3.8, 4) is 5.75 Å². The molecule has 1 aromatic heterocycles. The summed E-state index contributed by atoms with van der Waals surface area (Å²) in [6, 6.07) is 5.18. The van der Waals surface area contributed by atoms with Gasteiger partial charge >= 0.3 is 0 Å². The van der Waals surface area contributed by atoms with Gasteiger partial charge in [0, 0.05) is 24.9 Å². The van der Waals surface area contributed by atoms with Crippen molar-refractivity contribution in [1.82, 2.24) is 14.9 Å². The number of nitrogens with zero attached hydrogens (tertiary/aromatic N) is 1. The van der Waals surface area contributed by atoms with Gasteiger partial charge in [-0.2, -0.15) is 5.10 Å². The van der Waals surface area contributed by atoms with Crippen LogP contribution in [0.2, 0.25) is 0 Å². The van der Waals surface area contributed by atoms with Crippen LogP contribution in [-0.2, 0) is 16.4 Å². The van der Waals surface area contributed by atoms with Crippen LogP contribution < -0.4 is 9.46 Å². The summed E-state index contributed by atoms with van der Waals surface area (Å²) in [6.07, 6.45) is 2.20. The Morgan fingerprint density at radius 1 is 1.29 bits per heavy atom. The first-order chi connectivity index (χ1) is 9.94. The average molecular weight is 309 g/mol. The number of aromatic nitrogens is 2. The molecular formula is C14H19N3O3S. The number of H-pyrrole nitrogens is 1. The van der Waals surface area contributed by atoms with Gasteiger partial charge in [-0.3, -0.25) is 5.10 Å². The predicted molar refractivity (Wildman–Crippen MR) is 79.9 cm³/mol. The van der Waals surface area contributed by atoms with Crippen molar-refractivity contribution in [2.24, 2.45) is 0 Å². The molecule has 1 heterocycles. The summed E-state index contributed by atoms with van der Waals surface area (Å²) in [5.74, 6) is 0.684. The van der Waals surface area contributed by atoms with Crippen molar-refractivity contribution in [3.05, 3.63) is 41.2 Å². The van der Waals surface area contributed by atoms with Gasteiger partial charge in [0.15, 0.2) is 0 Å². The standard InChI is InChI=1S/C14H19N3O3S/c1-10-9-14(11(2)8-13(10)20-3)21(18,19)16-7-5-12-4-6-15-17-12/h4,6,8-9,16H,5,7H2,1-3H3,(H,15,17). The minimum Gasteiger partial charge on any atom is -0.496 e. The van der Waals surface area contributed by atoms with Crippen LogP contribution in [-0.4, -0.2) is 32.3 Å². The average Bonchev–Trinajstić information content (AvgIpc) is 2.93. The topological polar surface area (TPSA) is 84.1 Å². The quantitative estimate of drug-likeness (QED) is 0.848. The van der Waals surface area contributed by atoms with E-state index >= 15 is 0 Å². The number of nitrogens with one attached hydrogen (secondary N) is 2. The molecule has 2 rings (SSSR count). The normalized spacial score (nSPS) is 11.6. The second-order valence-corrected chi connectivity index (χ2v) is 6.55. The van der Waals surface area contributed by atoms with E-state index in [9.17, 15) is 8.42 Å². The van der Waals surface area contributed by atoms with Crippen LogP contribution in [0.5, 0.6) is 5.75 Å². The minimum atomic E-state index is -3.53. The molecule has 6 nitrogen and oxygen atoms in total. The van der Waals surface area contributed by atoms with Crippen LogP contribution in [0.1, 0.15) is 16.8 Å². The number of rotatable bonds is 6. The zero-order valence-corrected chi connectivity index (χ0v) is 13.1. The van der Waals surface area contributed by atoms with Crippen LogP contribution in [0, 0.1) is 13.8 Å². The lowest BCUT2D eigenvalue weighted by Gasteiger charge is -2.12.